The maximum atomic E-state index is 14.0. The molecule has 1 atom stereocenters. The summed E-state index contributed by atoms with van der Waals surface area (Å²) in [6.07, 6.45) is 0. The summed E-state index contributed by atoms with van der Waals surface area (Å²) < 4.78 is 19.9. The molecule has 0 aromatic heterocycles. The zero-order chi connectivity index (χ0) is 15.6. The third kappa shape index (κ3) is 3.42. The summed E-state index contributed by atoms with van der Waals surface area (Å²) in [7, 11) is 0. The van der Waals surface area contributed by atoms with E-state index < -0.39 is 6.04 Å². The standard InChI is InChI=1S/C18H22FNO/c1-11(2)14-9-8-12(3)17(10-14)21-16-7-5-6-15(19)18(16)13(4)20/h5-11,13H,20H2,1-4H3/t13-/m1/s1. The molecule has 3 heteroatoms. The molecule has 2 aromatic carbocycles. The Morgan fingerprint density at radius 2 is 1.76 bits per heavy atom. The molecule has 0 spiro atoms. The van der Waals surface area contributed by atoms with E-state index in [1.807, 2.05) is 19.1 Å². The highest BCUT2D eigenvalue weighted by molar-refractivity contribution is 5.44. The fourth-order valence-electron chi connectivity index (χ4n) is 2.25. The Bertz CT molecular complexity index is 635. The number of ether oxygens (including phenoxy) is 1. The van der Waals surface area contributed by atoms with Crippen molar-refractivity contribution < 1.29 is 9.13 Å². The Morgan fingerprint density at radius 1 is 1.05 bits per heavy atom. The maximum Gasteiger partial charge on any atom is 0.135 e. The quantitative estimate of drug-likeness (QED) is 0.852. The van der Waals surface area contributed by atoms with Crippen LogP contribution in [0.3, 0.4) is 0 Å². The van der Waals surface area contributed by atoms with Gasteiger partial charge in [-0.1, -0.05) is 32.0 Å². The molecule has 0 unspecified atom stereocenters. The van der Waals surface area contributed by atoms with Gasteiger partial charge in [0.05, 0.1) is 0 Å². The van der Waals surface area contributed by atoms with Gasteiger partial charge in [0.25, 0.3) is 0 Å². The van der Waals surface area contributed by atoms with E-state index in [-0.39, 0.29) is 5.82 Å². The van der Waals surface area contributed by atoms with Crippen molar-refractivity contribution in [2.45, 2.75) is 39.7 Å². The van der Waals surface area contributed by atoms with E-state index in [1.54, 1.807) is 19.1 Å². The molecule has 0 fully saturated rings. The SMILES string of the molecule is Cc1ccc(C(C)C)cc1Oc1cccc(F)c1[C@@H](C)N. The molecule has 2 aromatic rings. The predicted octanol–water partition coefficient (Wildman–Crippen LogP) is 5.07. The number of hydrogen-bond donors (Lipinski definition) is 1. The molecular formula is C18H22FNO. The van der Waals surface area contributed by atoms with Gasteiger partial charge in [-0.05, 0) is 49.1 Å². The number of benzene rings is 2. The van der Waals surface area contributed by atoms with Gasteiger partial charge in [-0.15, -0.1) is 0 Å². The first-order valence-electron chi connectivity index (χ1n) is 7.22. The van der Waals surface area contributed by atoms with E-state index in [0.717, 1.165) is 11.3 Å². The van der Waals surface area contributed by atoms with Crippen molar-refractivity contribution in [2.75, 3.05) is 0 Å². The second-order valence-corrected chi connectivity index (χ2v) is 5.72. The zero-order valence-corrected chi connectivity index (χ0v) is 13.0. The molecule has 0 aliphatic carbocycles. The van der Waals surface area contributed by atoms with Crippen molar-refractivity contribution >= 4 is 0 Å². The molecule has 2 N–H and O–H groups in total. The van der Waals surface area contributed by atoms with Crippen molar-refractivity contribution in [1.29, 1.82) is 0 Å². The molecule has 0 aliphatic heterocycles. The van der Waals surface area contributed by atoms with E-state index in [0.29, 0.717) is 17.2 Å². The summed E-state index contributed by atoms with van der Waals surface area (Å²) >= 11 is 0. The lowest BCUT2D eigenvalue weighted by Crippen LogP contribution is -2.09. The van der Waals surface area contributed by atoms with Gasteiger partial charge in [-0.25, -0.2) is 4.39 Å². The first-order valence-corrected chi connectivity index (χ1v) is 7.22. The second-order valence-electron chi connectivity index (χ2n) is 5.72. The molecule has 0 aliphatic rings. The Morgan fingerprint density at radius 3 is 2.38 bits per heavy atom. The molecule has 0 radical (unpaired) electrons. The number of halogens is 1. The molecule has 0 bridgehead atoms. The molecule has 0 amide bonds. The molecule has 112 valence electrons. The average Bonchev–Trinajstić information content (AvgIpc) is 2.40. The normalized spacial score (nSPS) is 12.5. The summed E-state index contributed by atoms with van der Waals surface area (Å²) in [5.41, 5.74) is 8.48. The Balaban J connectivity index is 2.43. The first-order chi connectivity index (χ1) is 9.90. The summed E-state index contributed by atoms with van der Waals surface area (Å²) in [5, 5.41) is 0. The zero-order valence-electron chi connectivity index (χ0n) is 13.0. The third-order valence-electron chi connectivity index (χ3n) is 3.57. The van der Waals surface area contributed by atoms with Crippen LogP contribution in [0.25, 0.3) is 0 Å². The largest absolute Gasteiger partial charge is 0.457 e. The Labute approximate surface area is 125 Å². The van der Waals surface area contributed by atoms with Crippen LogP contribution in [0.5, 0.6) is 11.5 Å². The highest BCUT2D eigenvalue weighted by Crippen LogP contribution is 2.33. The van der Waals surface area contributed by atoms with E-state index in [9.17, 15) is 4.39 Å². The van der Waals surface area contributed by atoms with E-state index in [2.05, 4.69) is 19.9 Å². The summed E-state index contributed by atoms with van der Waals surface area (Å²) in [5.74, 6) is 1.30. The molecular weight excluding hydrogens is 265 g/mol. The van der Waals surface area contributed by atoms with Crippen molar-refractivity contribution in [1.82, 2.24) is 0 Å². The number of nitrogens with two attached hydrogens (primary N) is 1. The first kappa shape index (κ1) is 15.5. The highest BCUT2D eigenvalue weighted by Gasteiger charge is 2.15. The Kier molecular flexibility index (Phi) is 4.63. The minimum atomic E-state index is -0.421. The van der Waals surface area contributed by atoms with Crippen molar-refractivity contribution in [3.8, 4) is 11.5 Å². The summed E-state index contributed by atoms with van der Waals surface area (Å²) in [6, 6.07) is 10.5. The van der Waals surface area contributed by atoms with Crippen LogP contribution in [0.1, 0.15) is 49.4 Å². The molecule has 0 heterocycles. The fourth-order valence-corrected chi connectivity index (χ4v) is 2.25. The van der Waals surface area contributed by atoms with Crippen LogP contribution in [0.4, 0.5) is 4.39 Å². The van der Waals surface area contributed by atoms with Gasteiger partial charge in [0, 0.05) is 11.6 Å². The van der Waals surface area contributed by atoms with Gasteiger partial charge < -0.3 is 10.5 Å². The highest BCUT2D eigenvalue weighted by atomic mass is 19.1. The van der Waals surface area contributed by atoms with Crippen molar-refractivity contribution in [3.63, 3.8) is 0 Å². The number of aryl methyl sites for hydroxylation is 1. The van der Waals surface area contributed by atoms with Crippen LogP contribution < -0.4 is 10.5 Å². The van der Waals surface area contributed by atoms with Gasteiger partial charge in [0.2, 0.25) is 0 Å². The van der Waals surface area contributed by atoms with Crippen LogP contribution >= 0.6 is 0 Å². The minimum Gasteiger partial charge on any atom is -0.457 e. The van der Waals surface area contributed by atoms with Gasteiger partial charge >= 0.3 is 0 Å². The van der Waals surface area contributed by atoms with Crippen molar-refractivity contribution in [3.05, 3.63) is 58.9 Å². The number of rotatable bonds is 4. The Hall–Kier alpha value is -1.87. The van der Waals surface area contributed by atoms with Gasteiger partial charge in [-0.2, -0.15) is 0 Å². The van der Waals surface area contributed by atoms with E-state index >= 15 is 0 Å². The maximum absolute atomic E-state index is 14.0. The van der Waals surface area contributed by atoms with Gasteiger partial charge in [0.15, 0.2) is 0 Å². The monoisotopic (exact) mass is 287 g/mol. The lowest BCUT2D eigenvalue weighted by molar-refractivity contribution is 0.457. The van der Waals surface area contributed by atoms with Crippen LogP contribution in [-0.2, 0) is 0 Å². The van der Waals surface area contributed by atoms with Gasteiger partial charge in [0.1, 0.15) is 17.3 Å². The average molecular weight is 287 g/mol. The van der Waals surface area contributed by atoms with Crippen LogP contribution in [0.15, 0.2) is 36.4 Å². The molecule has 0 saturated carbocycles. The fraction of sp³-hybridized carbons (Fsp3) is 0.333. The lowest BCUT2D eigenvalue weighted by atomic mass is 10.0. The molecule has 2 rings (SSSR count). The molecule has 2 nitrogen and oxygen atoms in total. The lowest BCUT2D eigenvalue weighted by Gasteiger charge is -2.17. The molecule has 21 heavy (non-hydrogen) atoms. The summed E-state index contributed by atoms with van der Waals surface area (Å²) in [4.78, 5) is 0. The van der Waals surface area contributed by atoms with Crippen LogP contribution in [0, 0.1) is 12.7 Å². The second kappa shape index (κ2) is 6.27. The predicted molar refractivity (Wildman–Crippen MR) is 84.3 cm³/mol. The van der Waals surface area contributed by atoms with Crippen LogP contribution in [0.2, 0.25) is 0 Å². The van der Waals surface area contributed by atoms with Crippen LogP contribution in [-0.4, -0.2) is 0 Å². The van der Waals surface area contributed by atoms with E-state index in [1.165, 1.54) is 11.6 Å². The third-order valence-corrected chi connectivity index (χ3v) is 3.57. The summed E-state index contributed by atoms with van der Waals surface area (Å²) in [6.45, 7) is 7.99. The smallest absolute Gasteiger partial charge is 0.135 e. The number of hydrogen-bond acceptors (Lipinski definition) is 2. The van der Waals surface area contributed by atoms with E-state index in [4.69, 9.17) is 10.5 Å². The van der Waals surface area contributed by atoms with Gasteiger partial charge in [-0.3, -0.25) is 0 Å². The minimum absolute atomic E-state index is 0.333. The van der Waals surface area contributed by atoms with Crippen molar-refractivity contribution in [2.24, 2.45) is 5.73 Å². The molecule has 0 saturated heterocycles. The topological polar surface area (TPSA) is 35.2 Å².